The van der Waals surface area contributed by atoms with Crippen molar-refractivity contribution < 1.29 is 31.5 Å². The molecule has 1 aliphatic rings. The molecule has 10 heteroatoms. The summed E-state index contributed by atoms with van der Waals surface area (Å²) in [4.78, 5) is 16.7. The zero-order valence-corrected chi connectivity index (χ0v) is 18.3. The molecule has 178 valence electrons. The van der Waals surface area contributed by atoms with Gasteiger partial charge < -0.3 is 14.9 Å². The quantitative estimate of drug-likeness (QED) is 0.463. The normalized spacial score (nSPS) is 19.3. The lowest BCUT2D eigenvalue weighted by Gasteiger charge is -2.31. The Labute approximate surface area is 183 Å². The number of carbonyl (C=O) groups is 1. The Morgan fingerprint density at radius 1 is 1.31 bits per heavy atom. The van der Waals surface area contributed by atoms with Crippen LogP contribution in [0.1, 0.15) is 76.1 Å². The van der Waals surface area contributed by atoms with Crippen molar-refractivity contribution in [3.8, 4) is 0 Å². The first kappa shape index (κ1) is 24.4. The van der Waals surface area contributed by atoms with Crippen LogP contribution in [0.4, 0.5) is 22.0 Å². The minimum Gasteiger partial charge on any atom is -0.459 e. The minimum absolute atomic E-state index is 0.170. The zero-order valence-electron chi connectivity index (χ0n) is 18.3. The van der Waals surface area contributed by atoms with Gasteiger partial charge in [-0.1, -0.05) is 0 Å². The molecule has 3 rings (SSSR count). The molecule has 5 nitrogen and oxygen atoms in total. The summed E-state index contributed by atoms with van der Waals surface area (Å²) in [6, 6.07) is 0.578. The molecule has 2 aromatic heterocycles. The number of rotatable bonds is 6. The summed E-state index contributed by atoms with van der Waals surface area (Å²) in [7, 11) is 0. The Balaban J connectivity index is 1.91. The van der Waals surface area contributed by atoms with E-state index in [4.69, 9.17) is 10.5 Å². The van der Waals surface area contributed by atoms with Crippen LogP contribution in [0.3, 0.4) is 0 Å². The third kappa shape index (κ3) is 5.57. The van der Waals surface area contributed by atoms with Crippen molar-refractivity contribution in [1.29, 1.82) is 0 Å². The third-order valence-electron chi connectivity index (χ3n) is 5.71. The molecule has 1 saturated carbocycles. The van der Waals surface area contributed by atoms with E-state index in [-0.39, 0.29) is 42.8 Å². The molecule has 2 aromatic rings. The van der Waals surface area contributed by atoms with Gasteiger partial charge >= 0.3 is 5.97 Å². The largest absolute Gasteiger partial charge is 0.459 e. The van der Waals surface area contributed by atoms with Gasteiger partial charge in [-0.2, -0.15) is 0 Å². The first-order chi connectivity index (χ1) is 14.8. The van der Waals surface area contributed by atoms with Crippen LogP contribution < -0.4 is 5.73 Å². The van der Waals surface area contributed by atoms with E-state index in [2.05, 4.69) is 4.98 Å². The molecule has 32 heavy (non-hydrogen) atoms. The van der Waals surface area contributed by atoms with Crippen molar-refractivity contribution >= 4 is 11.6 Å². The molecule has 0 amide bonds. The number of nitrogens with two attached hydrogens (primary N) is 1. The van der Waals surface area contributed by atoms with Gasteiger partial charge in [0.25, 0.3) is 0 Å². The van der Waals surface area contributed by atoms with Gasteiger partial charge in [0.2, 0.25) is 12.3 Å². The van der Waals surface area contributed by atoms with Crippen LogP contribution in [-0.2, 0) is 9.53 Å². The van der Waals surface area contributed by atoms with E-state index in [1.165, 1.54) is 22.9 Å². The third-order valence-corrected chi connectivity index (χ3v) is 5.71. The van der Waals surface area contributed by atoms with E-state index in [0.717, 1.165) is 0 Å². The van der Waals surface area contributed by atoms with Gasteiger partial charge in [-0.3, -0.25) is 4.79 Å². The van der Waals surface area contributed by atoms with Crippen LogP contribution in [0.2, 0.25) is 0 Å². The number of hydrogen-bond acceptors (Lipinski definition) is 4. The van der Waals surface area contributed by atoms with Gasteiger partial charge in [-0.05, 0) is 45.6 Å². The van der Waals surface area contributed by atoms with Crippen molar-refractivity contribution in [1.82, 2.24) is 9.38 Å². The second-order valence-corrected chi connectivity index (χ2v) is 9.41. The number of pyridine rings is 1. The lowest BCUT2D eigenvalue weighted by Crippen LogP contribution is -2.31. The molecular weight excluding hydrogens is 433 g/mol. The average Bonchev–Trinajstić information content (AvgIpc) is 3.10. The molecule has 0 spiro atoms. The maximum Gasteiger partial charge on any atom is 0.314 e. The predicted molar refractivity (Wildman–Crippen MR) is 108 cm³/mol. The molecule has 1 fully saturated rings. The maximum atomic E-state index is 15.3. The Bertz CT molecular complexity index is 960. The highest BCUT2D eigenvalue weighted by Crippen LogP contribution is 2.40. The monoisotopic (exact) mass is 461 g/mol. The number of aromatic nitrogens is 2. The Hall–Kier alpha value is -2.23. The van der Waals surface area contributed by atoms with E-state index >= 15 is 4.39 Å². The lowest BCUT2D eigenvalue weighted by atomic mass is 9.81. The highest BCUT2D eigenvalue weighted by molar-refractivity contribution is 5.79. The number of imidazole rings is 1. The van der Waals surface area contributed by atoms with Crippen molar-refractivity contribution in [3.05, 3.63) is 35.5 Å². The van der Waals surface area contributed by atoms with Crippen LogP contribution in [0, 0.1) is 11.7 Å². The Morgan fingerprint density at radius 2 is 1.94 bits per heavy atom. The second-order valence-electron chi connectivity index (χ2n) is 9.41. The van der Waals surface area contributed by atoms with E-state index in [1.807, 2.05) is 0 Å². The van der Waals surface area contributed by atoms with Crippen LogP contribution in [-0.4, -0.2) is 33.3 Å². The van der Waals surface area contributed by atoms with E-state index in [0.29, 0.717) is 5.69 Å². The van der Waals surface area contributed by atoms with E-state index < -0.39 is 48.1 Å². The molecule has 0 aliphatic heterocycles. The van der Waals surface area contributed by atoms with Gasteiger partial charge in [-0.25, -0.2) is 26.9 Å². The summed E-state index contributed by atoms with van der Waals surface area (Å²) in [5.74, 6) is -6.30. The van der Waals surface area contributed by atoms with Gasteiger partial charge in [0, 0.05) is 37.2 Å². The number of halogens is 5. The molecule has 0 bridgehead atoms. The first-order valence-electron chi connectivity index (χ1n) is 10.6. The highest BCUT2D eigenvalue weighted by Gasteiger charge is 2.38. The first-order valence-corrected chi connectivity index (χ1v) is 10.6. The summed E-state index contributed by atoms with van der Waals surface area (Å²) < 4.78 is 75.1. The lowest BCUT2D eigenvalue weighted by molar-refractivity contribution is -0.158. The van der Waals surface area contributed by atoms with Gasteiger partial charge in [0.05, 0.1) is 17.7 Å². The number of hydrogen-bond donors (Lipinski definition) is 1. The molecule has 1 aliphatic carbocycles. The summed E-state index contributed by atoms with van der Waals surface area (Å²) >= 11 is 0. The fourth-order valence-electron chi connectivity index (χ4n) is 4.05. The van der Waals surface area contributed by atoms with Gasteiger partial charge in [0.1, 0.15) is 5.60 Å². The summed E-state index contributed by atoms with van der Waals surface area (Å²) in [6.07, 6.45) is -0.910. The Morgan fingerprint density at radius 3 is 2.50 bits per heavy atom. The molecule has 0 saturated heterocycles. The topological polar surface area (TPSA) is 69.6 Å². The van der Waals surface area contributed by atoms with Crippen molar-refractivity contribution in [2.24, 2.45) is 11.7 Å². The molecule has 2 unspecified atom stereocenters. The molecule has 0 aromatic carbocycles. The molecule has 0 radical (unpaired) electrons. The highest BCUT2D eigenvalue weighted by atomic mass is 19.3. The second kappa shape index (κ2) is 8.96. The maximum absolute atomic E-state index is 15.3. The SMILES string of the molecule is CC(C)(C)OC(=O)C(CC(F)F)c1ccn2cc(C(N)C3CCC(F)(F)CC3)nc2c1F. The van der Waals surface area contributed by atoms with Crippen molar-refractivity contribution in [2.75, 3.05) is 0 Å². The van der Waals surface area contributed by atoms with Crippen molar-refractivity contribution in [2.45, 2.75) is 82.8 Å². The molecule has 2 atom stereocenters. The average molecular weight is 461 g/mol. The minimum atomic E-state index is -2.85. The van der Waals surface area contributed by atoms with Crippen LogP contribution in [0.5, 0.6) is 0 Å². The summed E-state index contributed by atoms with van der Waals surface area (Å²) in [6.45, 7) is 4.77. The zero-order chi connectivity index (χ0) is 23.8. The fraction of sp³-hybridized carbons (Fsp3) is 0.636. The standard InChI is InChI=1S/C22H28F5N3O2/c1-21(2,3)32-20(31)14(10-16(23)24)13-6-9-30-11-15(29-19(30)17(13)25)18(28)12-4-7-22(26,27)8-5-12/h6,9,11-12,14,16,18H,4-5,7-8,10,28H2,1-3H3. The van der Waals surface area contributed by atoms with Crippen LogP contribution in [0.25, 0.3) is 5.65 Å². The number of alkyl halides is 4. The van der Waals surface area contributed by atoms with Gasteiger partial charge in [0.15, 0.2) is 11.5 Å². The number of esters is 1. The fourth-order valence-corrected chi connectivity index (χ4v) is 4.05. The summed E-state index contributed by atoms with van der Waals surface area (Å²) in [5, 5.41) is 0. The Kier molecular flexibility index (Phi) is 6.83. The predicted octanol–water partition coefficient (Wildman–Crippen LogP) is 5.38. The summed E-state index contributed by atoms with van der Waals surface area (Å²) in [5.41, 5.74) is 5.22. The van der Waals surface area contributed by atoms with Gasteiger partial charge in [-0.15, -0.1) is 0 Å². The number of fused-ring (bicyclic) bond motifs is 1. The van der Waals surface area contributed by atoms with E-state index in [9.17, 15) is 22.4 Å². The molecule has 2 N–H and O–H groups in total. The van der Waals surface area contributed by atoms with Crippen LogP contribution in [0.15, 0.2) is 18.5 Å². The number of ether oxygens (including phenoxy) is 1. The van der Waals surface area contributed by atoms with Crippen LogP contribution >= 0.6 is 0 Å². The van der Waals surface area contributed by atoms with Crippen molar-refractivity contribution in [3.63, 3.8) is 0 Å². The smallest absolute Gasteiger partial charge is 0.314 e. The number of nitrogens with zero attached hydrogens (tertiary/aromatic N) is 2. The van der Waals surface area contributed by atoms with E-state index in [1.54, 1.807) is 20.8 Å². The number of carbonyl (C=O) groups excluding carboxylic acids is 1. The molecule has 2 heterocycles. The molecular formula is C22H28F5N3O2.